The van der Waals surface area contributed by atoms with Crippen LogP contribution in [0.4, 0.5) is 0 Å². The van der Waals surface area contributed by atoms with E-state index < -0.39 is 186 Å². The van der Waals surface area contributed by atoms with Crippen molar-refractivity contribution in [1.82, 2.24) is 69.1 Å². The quantitative estimate of drug-likeness (QED) is 0.0358. The first-order valence-electron chi connectivity index (χ1n) is 43.9. The maximum atomic E-state index is 14.8. The highest BCUT2D eigenvalue weighted by Crippen LogP contribution is 2.18. The standard InChI is InChI=1S/C83H159N21O16/c1-48(2)41-55(90)71(108)100-64(43-50(5)6)79(116)95-57(28-16-22-36-85)72(109)92-56(27-15-21-35-84)75(112)98-62(33-34-69(105)106)78(115)103-65(44-51(7)8)80(117)96-58(29-17-23-37-86)73(110)94-61(32-20-26-40-89)77(114)102-68(47-54(13)14)83(120)104-66(45-52(9)10)81(118)97-59(30-18-24-38-87)74(111)93-60(31-19-25-39-88)76(113)101-67(46-53(11)12)82(119)99-63(70(91)107)42-49(3)4/h48-68H,15-47,84-90H2,1-14H3,(H2,91,107)(H,92,109)(H,93,111)(H,94,110)(H,95,116)(H,96,117)(H,97,118)(H,98,112)(H,99,119)(H,100,108)(H,101,113)(H,102,114)(H,103,115)(H,104,120)(H,105,106)/t55-,56-,57-,58-,59-,60-,61-,62-,63-,64-,65-,66-,67-,68-/m0/s1. The van der Waals surface area contributed by atoms with Crippen LogP contribution in [0.2, 0.25) is 0 Å². The van der Waals surface area contributed by atoms with Crippen LogP contribution in [0.15, 0.2) is 0 Å². The number of nitrogens with two attached hydrogens (primary N) is 8. The molecule has 0 aromatic heterocycles. The highest BCUT2D eigenvalue weighted by atomic mass is 16.4. The molecule has 0 saturated carbocycles. The molecule has 0 aliphatic carbocycles. The van der Waals surface area contributed by atoms with E-state index in [1.807, 2.05) is 69.2 Å². The zero-order valence-electron chi connectivity index (χ0n) is 74.6. The maximum Gasteiger partial charge on any atom is 0.303 e. The van der Waals surface area contributed by atoms with Crippen LogP contribution in [0.5, 0.6) is 0 Å². The highest BCUT2D eigenvalue weighted by Gasteiger charge is 2.39. The second-order valence-electron chi connectivity index (χ2n) is 34.9. The van der Waals surface area contributed by atoms with Gasteiger partial charge in [-0.25, -0.2) is 0 Å². The molecule has 0 aromatic carbocycles. The van der Waals surface area contributed by atoms with Crippen molar-refractivity contribution >= 4 is 88.7 Å². The van der Waals surface area contributed by atoms with E-state index in [2.05, 4.69) is 69.1 Å². The molecule has 30 N–H and O–H groups in total. The third kappa shape index (κ3) is 49.0. The van der Waals surface area contributed by atoms with Gasteiger partial charge in [-0.05, 0) is 248 Å². The number of hydrogen-bond acceptors (Lipinski definition) is 22. The van der Waals surface area contributed by atoms with Crippen molar-refractivity contribution < 1.29 is 77.0 Å². The molecule has 0 bridgehead atoms. The summed E-state index contributed by atoms with van der Waals surface area (Å²) in [6, 6.07) is -17.7. The molecule has 0 radical (unpaired) electrons. The van der Waals surface area contributed by atoms with Crippen molar-refractivity contribution in [3.63, 3.8) is 0 Å². The molecule has 120 heavy (non-hydrogen) atoms. The summed E-state index contributed by atoms with van der Waals surface area (Å²) in [4.78, 5) is 212. The largest absolute Gasteiger partial charge is 0.481 e. The number of unbranched alkanes of at least 4 members (excludes halogenated alkanes) is 6. The number of carbonyl (C=O) groups excluding carboxylic acids is 14. The van der Waals surface area contributed by atoms with Crippen molar-refractivity contribution in [3.8, 4) is 0 Å². The third-order valence-electron chi connectivity index (χ3n) is 19.9. The zero-order valence-corrected chi connectivity index (χ0v) is 74.6. The average molecular weight is 1710 g/mol. The lowest BCUT2D eigenvalue weighted by Gasteiger charge is -2.29. The van der Waals surface area contributed by atoms with E-state index >= 15 is 0 Å². The minimum Gasteiger partial charge on any atom is -0.481 e. The second-order valence-corrected chi connectivity index (χ2v) is 34.9. The van der Waals surface area contributed by atoms with Gasteiger partial charge in [0.05, 0.1) is 6.04 Å². The molecule has 692 valence electrons. The van der Waals surface area contributed by atoms with E-state index in [9.17, 15) is 77.0 Å². The zero-order chi connectivity index (χ0) is 91.3. The second kappa shape index (κ2) is 62.8. The fourth-order valence-corrected chi connectivity index (χ4v) is 13.5. The number of aliphatic carboxylic acids is 1. The molecule has 0 heterocycles. The molecule has 0 spiro atoms. The van der Waals surface area contributed by atoms with Crippen LogP contribution in [0.1, 0.15) is 270 Å². The molecule has 14 atom stereocenters. The fourth-order valence-electron chi connectivity index (χ4n) is 13.5. The van der Waals surface area contributed by atoms with E-state index in [-0.39, 0.29) is 164 Å². The molecule has 0 saturated heterocycles. The molecular formula is C83H159N21O16. The van der Waals surface area contributed by atoms with Crippen molar-refractivity contribution in [1.29, 1.82) is 0 Å². The number of carboxylic acid groups (broad SMARTS) is 1. The van der Waals surface area contributed by atoms with Crippen molar-refractivity contribution in [2.75, 3.05) is 39.3 Å². The van der Waals surface area contributed by atoms with Gasteiger partial charge in [0.2, 0.25) is 82.7 Å². The van der Waals surface area contributed by atoms with Crippen LogP contribution < -0.4 is 115 Å². The van der Waals surface area contributed by atoms with Crippen LogP contribution in [-0.2, 0) is 71.9 Å². The van der Waals surface area contributed by atoms with Gasteiger partial charge in [-0.1, -0.05) is 96.9 Å². The van der Waals surface area contributed by atoms with E-state index in [0.717, 1.165) is 0 Å². The Bertz CT molecular complexity index is 3110. The summed E-state index contributed by atoms with van der Waals surface area (Å²) < 4.78 is 0. The van der Waals surface area contributed by atoms with E-state index in [1.54, 1.807) is 27.7 Å². The van der Waals surface area contributed by atoms with E-state index in [4.69, 9.17) is 45.9 Å². The lowest BCUT2D eigenvalue weighted by molar-refractivity contribution is -0.139. The number of amides is 14. The number of rotatable bonds is 68. The Morgan fingerprint density at radius 2 is 0.367 bits per heavy atom. The van der Waals surface area contributed by atoms with Gasteiger partial charge in [0, 0.05) is 6.42 Å². The van der Waals surface area contributed by atoms with Crippen LogP contribution in [0.3, 0.4) is 0 Å². The molecule has 0 aromatic rings. The third-order valence-corrected chi connectivity index (χ3v) is 19.9. The van der Waals surface area contributed by atoms with Gasteiger partial charge in [0.1, 0.15) is 78.5 Å². The maximum absolute atomic E-state index is 14.8. The minimum absolute atomic E-state index is 0.00607. The first-order chi connectivity index (χ1) is 56.5. The Kier molecular flexibility index (Phi) is 58.5. The van der Waals surface area contributed by atoms with Crippen molar-refractivity contribution in [2.45, 2.75) is 355 Å². The smallest absolute Gasteiger partial charge is 0.303 e. The number of carboxylic acids is 1. The Hall–Kier alpha value is -8.23. The fraction of sp³-hybridized carbons (Fsp3) is 0.819. The predicted molar refractivity (Wildman–Crippen MR) is 463 cm³/mol. The summed E-state index contributed by atoms with van der Waals surface area (Å²) in [5.74, 6) is -13.0. The average Bonchev–Trinajstić information content (AvgIpc) is 1.25. The van der Waals surface area contributed by atoms with Crippen LogP contribution in [-0.4, -0.2) is 218 Å². The summed E-state index contributed by atoms with van der Waals surface area (Å²) in [6.07, 6.45) is 4.60. The first kappa shape index (κ1) is 112. The molecule has 0 unspecified atom stereocenters. The summed E-state index contributed by atoms with van der Waals surface area (Å²) in [7, 11) is 0. The lowest BCUT2D eigenvalue weighted by Crippen LogP contribution is -2.61. The Morgan fingerprint density at radius 1 is 0.217 bits per heavy atom. The minimum atomic E-state index is -1.63. The number of carbonyl (C=O) groups is 15. The summed E-state index contributed by atoms with van der Waals surface area (Å²) in [5, 5.41) is 45.7. The van der Waals surface area contributed by atoms with Gasteiger partial charge < -0.3 is 120 Å². The monoisotopic (exact) mass is 1710 g/mol. The topological polar surface area (TPSA) is 641 Å². The van der Waals surface area contributed by atoms with Gasteiger partial charge in [0.25, 0.3) is 0 Å². The van der Waals surface area contributed by atoms with Crippen LogP contribution >= 0.6 is 0 Å². The molecule has 37 heteroatoms. The van der Waals surface area contributed by atoms with Crippen molar-refractivity contribution in [3.05, 3.63) is 0 Å². The number of hydrogen-bond donors (Lipinski definition) is 22. The molecule has 37 nitrogen and oxygen atoms in total. The molecular weight excluding hydrogens is 1550 g/mol. The number of nitrogens with one attached hydrogen (secondary N) is 13. The van der Waals surface area contributed by atoms with Gasteiger partial charge in [0.15, 0.2) is 0 Å². The van der Waals surface area contributed by atoms with Crippen molar-refractivity contribution in [2.24, 2.45) is 87.3 Å². The van der Waals surface area contributed by atoms with Crippen LogP contribution in [0.25, 0.3) is 0 Å². The van der Waals surface area contributed by atoms with Crippen LogP contribution in [0, 0.1) is 41.4 Å². The normalized spacial score (nSPS) is 15.1. The Balaban J connectivity index is 7.46. The summed E-state index contributed by atoms with van der Waals surface area (Å²) in [6.45, 7) is 27.1. The first-order valence-corrected chi connectivity index (χ1v) is 43.9. The number of primary amides is 1. The molecule has 0 aliphatic rings. The van der Waals surface area contributed by atoms with Gasteiger partial charge in [-0.2, -0.15) is 0 Å². The molecule has 0 rings (SSSR count). The SMILES string of the molecule is CC(C)C[C@H](NC(=O)[C@H](CC(C)C)NC(=O)[C@H](CCCCN)NC(=O)[C@H](CCCCN)NC(=O)[C@H](CC(C)C)NC(=O)[C@H](CC(C)C)NC(=O)[C@H](CCCCN)NC(=O)[C@H](CCCCN)NC(=O)[C@H](CC(C)C)NC(=O)[C@H](CCC(=O)O)NC(=O)[C@H](CCCCN)NC(=O)[C@H](CCCCN)NC(=O)[C@H](CC(C)C)NC(=O)[C@@H](N)CC(C)C)C(N)=O. The predicted octanol–water partition coefficient (Wildman–Crippen LogP) is 0.0629. The summed E-state index contributed by atoms with van der Waals surface area (Å²) >= 11 is 0. The lowest BCUT2D eigenvalue weighted by atomic mass is 9.98. The Morgan fingerprint density at radius 3 is 0.533 bits per heavy atom. The van der Waals surface area contributed by atoms with Gasteiger partial charge in [-0.3, -0.25) is 71.9 Å². The van der Waals surface area contributed by atoms with Gasteiger partial charge >= 0.3 is 5.97 Å². The highest BCUT2D eigenvalue weighted by molar-refractivity contribution is 6.00. The molecule has 0 aliphatic heterocycles. The van der Waals surface area contributed by atoms with Gasteiger partial charge in [-0.15, -0.1) is 0 Å². The Labute approximate surface area is 713 Å². The van der Waals surface area contributed by atoms with E-state index in [1.165, 1.54) is 0 Å². The van der Waals surface area contributed by atoms with E-state index in [0.29, 0.717) is 77.0 Å². The summed E-state index contributed by atoms with van der Waals surface area (Å²) in [5.41, 5.74) is 47.1. The molecule has 0 fully saturated rings. The molecule has 14 amide bonds.